The van der Waals surface area contributed by atoms with Crippen LogP contribution in [0.5, 0.6) is 0 Å². The van der Waals surface area contributed by atoms with Gasteiger partial charge in [0.25, 0.3) is 0 Å². The smallest absolute Gasteiger partial charge is 0.225 e. The molecule has 0 aromatic carbocycles. The molecule has 1 N–H and O–H groups in total. The molecule has 0 aliphatic heterocycles. The number of hydrogen-bond donors (Lipinski definition) is 1. The van der Waals surface area contributed by atoms with Crippen molar-refractivity contribution in [3.63, 3.8) is 0 Å². The summed E-state index contributed by atoms with van der Waals surface area (Å²) in [5.74, 6) is 1.82. The summed E-state index contributed by atoms with van der Waals surface area (Å²) in [5.41, 5.74) is 0. The molecule has 1 amide bonds. The zero-order valence-electron chi connectivity index (χ0n) is 12.8. The van der Waals surface area contributed by atoms with Crippen LogP contribution in [-0.2, 0) is 9.53 Å². The van der Waals surface area contributed by atoms with Crippen LogP contribution in [0.2, 0.25) is 0 Å². The molecule has 0 spiro atoms. The highest BCUT2D eigenvalue weighted by atomic mass is 16.5. The molecule has 19 heavy (non-hydrogen) atoms. The minimum atomic E-state index is -0.592. The van der Waals surface area contributed by atoms with Crippen LogP contribution >= 0.6 is 0 Å². The predicted molar refractivity (Wildman–Crippen MR) is 75.8 cm³/mol. The Balaban J connectivity index is 2.37. The Hall–Kier alpha value is -0.610. The van der Waals surface area contributed by atoms with E-state index in [0.717, 1.165) is 37.5 Å². The van der Waals surface area contributed by atoms with Crippen LogP contribution in [0.15, 0.2) is 0 Å². The first kappa shape index (κ1) is 16.4. The number of nitrogens with zero attached hydrogens (tertiary/aromatic N) is 1. The van der Waals surface area contributed by atoms with E-state index in [0.29, 0.717) is 6.54 Å². The van der Waals surface area contributed by atoms with Gasteiger partial charge < -0.3 is 14.7 Å². The maximum atomic E-state index is 12.3. The van der Waals surface area contributed by atoms with Gasteiger partial charge in [0.15, 0.2) is 0 Å². The second-order valence-corrected chi connectivity index (χ2v) is 6.18. The molecule has 0 radical (unpaired) electrons. The molecule has 1 rings (SSSR count). The van der Waals surface area contributed by atoms with Gasteiger partial charge in [0.05, 0.1) is 12.7 Å². The van der Waals surface area contributed by atoms with Crippen molar-refractivity contribution in [2.24, 2.45) is 17.8 Å². The first-order valence-electron chi connectivity index (χ1n) is 7.37. The lowest BCUT2D eigenvalue weighted by Crippen LogP contribution is -2.40. The summed E-state index contributed by atoms with van der Waals surface area (Å²) < 4.78 is 4.88. The first-order valence-corrected chi connectivity index (χ1v) is 7.37. The maximum absolute atomic E-state index is 12.3. The molecule has 0 heterocycles. The number of hydrogen-bond acceptors (Lipinski definition) is 3. The molecule has 4 heteroatoms. The van der Waals surface area contributed by atoms with E-state index >= 15 is 0 Å². The number of likely N-dealkylation sites (N-methyl/N-ethyl adjacent to an activating group) is 1. The average molecular weight is 271 g/mol. The highest BCUT2D eigenvalue weighted by Crippen LogP contribution is 2.33. The summed E-state index contributed by atoms with van der Waals surface area (Å²) >= 11 is 0. The monoisotopic (exact) mass is 271 g/mol. The van der Waals surface area contributed by atoms with Crippen molar-refractivity contribution in [2.45, 2.75) is 45.6 Å². The van der Waals surface area contributed by atoms with Gasteiger partial charge in [0.1, 0.15) is 0 Å². The van der Waals surface area contributed by atoms with Gasteiger partial charge in [0, 0.05) is 26.6 Å². The van der Waals surface area contributed by atoms with Gasteiger partial charge in [-0.05, 0) is 37.5 Å². The summed E-state index contributed by atoms with van der Waals surface area (Å²) in [6.45, 7) is 5.16. The van der Waals surface area contributed by atoms with Gasteiger partial charge in [-0.15, -0.1) is 0 Å². The van der Waals surface area contributed by atoms with Crippen molar-refractivity contribution in [3.8, 4) is 0 Å². The Kier molecular flexibility index (Phi) is 6.80. The second kappa shape index (κ2) is 7.85. The van der Waals surface area contributed by atoms with E-state index in [4.69, 9.17) is 4.74 Å². The Bertz CT molecular complexity index is 273. The fourth-order valence-electron chi connectivity index (χ4n) is 3.00. The molecule has 0 saturated heterocycles. The number of methoxy groups -OCH3 is 1. The fraction of sp³-hybridized carbons (Fsp3) is 0.933. The Labute approximate surface area is 117 Å². The van der Waals surface area contributed by atoms with E-state index in [1.165, 1.54) is 0 Å². The molecule has 0 aromatic heterocycles. The van der Waals surface area contributed by atoms with Gasteiger partial charge in [-0.3, -0.25) is 4.79 Å². The minimum absolute atomic E-state index is 0.148. The quantitative estimate of drug-likeness (QED) is 0.803. The molecule has 1 aliphatic carbocycles. The van der Waals surface area contributed by atoms with E-state index in [1.54, 1.807) is 19.1 Å². The van der Waals surface area contributed by atoms with Gasteiger partial charge in [-0.2, -0.15) is 0 Å². The lowest BCUT2D eigenvalue weighted by atomic mass is 9.76. The van der Waals surface area contributed by atoms with Crippen molar-refractivity contribution in [3.05, 3.63) is 0 Å². The van der Waals surface area contributed by atoms with Crippen LogP contribution in [0.1, 0.15) is 39.5 Å². The third kappa shape index (κ3) is 5.11. The number of carbonyl (C=O) groups is 1. The molecule has 1 saturated carbocycles. The number of aliphatic hydroxyl groups excluding tert-OH is 1. The Morgan fingerprint density at radius 1 is 1.32 bits per heavy atom. The number of aliphatic hydroxyl groups is 1. The lowest BCUT2D eigenvalue weighted by Gasteiger charge is -2.32. The third-order valence-electron chi connectivity index (χ3n) is 4.28. The van der Waals surface area contributed by atoms with E-state index < -0.39 is 6.10 Å². The molecule has 1 unspecified atom stereocenters. The Morgan fingerprint density at radius 2 is 1.89 bits per heavy atom. The highest BCUT2D eigenvalue weighted by molar-refractivity contribution is 5.78. The van der Waals surface area contributed by atoms with Crippen LogP contribution in [0.3, 0.4) is 0 Å². The molecule has 1 atom stereocenters. The molecule has 0 bridgehead atoms. The number of carbonyl (C=O) groups excluding carboxylic acids is 1. The fourth-order valence-corrected chi connectivity index (χ4v) is 3.00. The van der Waals surface area contributed by atoms with Gasteiger partial charge in [0.2, 0.25) is 5.91 Å². The summed E-state index contributed by atoms with van der Waals surface area (Å²) in [5, 5.41) is 9.66. The molecule has 1 fully saturated rings. The maximum Gasteiger partial charge on any atom is 0.225 e. The molecule has 0 aromatic rings. The van der Waals surface area contributed by atoms with Crippen molar-refractivity contribution >= 4 is 5.91 Å². The van der Waals surface area contributed by atoms with Crippen LogP contribution in [-0.4, -0.2) is 49.3 Å². The number of rotatable bonds is 6. The SMILES string of the molecule is COCC(O)CN(C)C(=O)C1CCC(C(C)C)CC1. The van der Waals surface area contributed by atoms with Gasteiger partial charge in [-0.1, -0.05) is 13.8 Å². The predicted octanol–water partition coefficient (Wildman–Crippen LogP) is 1.91. The minimum Gasteiger partial charge on any atom is -0.389 e. The summed E-state index contributed by atoms with van der Waals surface area (Å²) in [6.07, 6.45) is 3.70. The number of ether oxygens (including phenoxy) is 1. The molecule has 4 nitrogen and oxygen atoms in total. The normalized spacial score (nSPS) is 25.4. The van der Waals surface area contributed by atoms with Crippen LogP contribution in [0.25, 0.3) is 0 Å². The van der Waals surface area contributed by atoms with Crippen molar-refractivity contribution in [1.82, 2.24) is 4.90 Å². The van der Waals surface area contributed by atoms with E-state index in [9.17, 15) is 9.90 Å². The molecule has 112 valence electrons. The van der Waals surface area contributed by atoms with E-state index in [2.05, 4.69) is 13.8 Å². The standard InChI is InChI=1S/C15H29NO3/c1-11(2)12-5-7-13(8-6-12)15(18)16(3)9-14(17)10-19-4/h11-14,17H,5-10H2,1-4H3. The van der Waals surface area contributed by atoms with Crippen molar-refractivity contribution in [1.29, 1.82) is 0 Å². The Morgan fingerprint density at radius 3 is 2.37 bits per heavy atom. The largest absolute Gasteiger partial charge is 0.389 e. The van der Waals surface area contributed by atoms with Crippen molar-refractivity contribution < 1.29 is 14.6 Å². The summed E-state index contributed by atoms with van der Waals surface area (Å²) in [7, 11) is 3.33. The summed E-state index contributed by atoms with van der Waals surface area (Å²) in [6, 6.07) is 0. The van der Waals surface area contributed by atoms with Crippen LogP contribution in [0.4, 0.5) is 0 Å². The summed E-state index contributed by atoms with van der Waals surface area (Å²) in [4.78, 5) is 13.9. The van der Waals surface area contributed by atoms with Crippen LogP contribution < -0.4 is 0 Å². The van der Waals surface area contributed by atoms with E-state index in [1.807, 2.05) is 0 Å². The lowest BCUT2D eigenvalue weighted by molar-refractivity contribution is -0.137. The van der Waals surface area contributed by atoms with Crippen molar-refractivity contribution in [2.75, 3.05) is 27.3 Å². The first-order chi connectivity index (χ1) is 8.95. The highest BCUT2D eigenvalue weighted by Gasteiger charge is 2.29. The number of amides is 1. The topological polar surface area (TPSA) is 49.8 Å². The third-order valence-corrected chi connectivity index (χ3v) is 4.28. The average Bonchev–Trinajstić information content (AvgIpc) is 2.38. The molecular formula is C15H29NO3. The van der Waals surface area contributed by atoms with Gasteiger partial charge in [-0.25, -0.2) is 0 Å². The van der Waals surface area contributed by atoms with Crippen LogP contribution in [0, 0.1) is 17.8 Å². The zero-order chi connectivity index (χ0) is 14.4. The molecule has 1 aliphatic rings. The second-order valence-electron chi connectivity index (χ2n) is 6.18. The van der Waals surface area contributed by atoms with Gasteiger partial charge >= 0.3 is 0 Å². The van der Waals surface area contributed by atoms with E-state index in [-0.39, 0.29) is 18.4 Å². The zero-order valence-corrected chi connectivity index (χ0v) is 12.8. The molecular weight excluding hydrogens is 242 g/mol.